The van der Waals surface area contributed by atoms with Gasteiger partial charge in [0.15, 0.2) is 18.9 Å². The number of aliphatic hydroxyl groups is 9. The standard InChI is InChI=1S/C47H76O17/c1-21(2)23-10-15-47(42(57)58)17-16-45(6)24(30(23)47)8-9-28-43(4)13-12-29(44(5,20-49)27(43)11-14-46(28,45)7)63-41-38(64-39-36(55)34(53)31(50)22(3)60-39)33(52)26(19-59-41)62-40-37(56)35(54)32(51)25(18-48)61-40/h22-41,48-56H,1,8-20H2,2-7H3,(H,57,58)/t22-,23-,24+,25+,26-,27+,28+,29-,30+,31-,32+,33-,34+,35-,36+,37+,38+,39-,40-,41-,43-,44-,45+,46+,47-/m0/s1. The Morgan fingerprint density at radius 2 is 1.36 bits per heavy atom. The Bertz CT molecular complexity index is 1720. The second-order valence-corrected chi connectivity index (χ2v) is 22.3. The normalized spacial score (nSPS) is 56.3. The number of hydrogen-bond acceptors (Lipinski definition) is 16. The Balaban J connectivity index is 1.04. The van der Waals surface area contributed by atoms with Crippen LogP contribution < -0.4 is 0 Å². The zero-order valence-corrected chi connectivity index (χ0v) is 38.3. The molecule has 5 aliphatic carbocycles. The Labute approximate surface area is 376 Å². The Hall–Kier alpha value is -1.39. The van der Waals surface area contributed by atoms with E-state index in [1.54, 1.807) is 0 Å². The molecule has 25 atom stereocenters. The van der Waals surface area contributed by atoms with Crippen LogP contribution in [0.3, 0.4) is 0 Å². The highest BCUT2D eigenvalue weighted by Gasteiger charge is 2.72. The number of hydrogen-bond donors (Lipinski definition) is 10. The molecule has 0 amide bonds. The van der Waals surface area contributed by atoms with Gasteiger partial charge < -0.3 is 79.5 Å². The van der Waals surface area contributed by atoms with Gasteiger partial charge in [-0.05, 0) is 124 Å². The predicted octanol–water partition coefficient (Wildman–Crippen LogP) is 1.20. The van der Waals surface area contributed by atoms with Crippen LogP contribution in [0.25, 0.3) is 0 Å². The molecule has 64 heavy (non-hydrogen) atoms. The van der Waals surface area contributed by atoms with Gasteiger partial charge in [0.05, 0.1) is 37.4 Å². The van der Waals surface area contributed by atoms with Crippen molar-refractivity contribution in [2.45, 2.75) is 198 Å². The van der Waals surface area contributed by atoms with Gasteiger partial charge >= 0.3 is 5.97 Å². The van der Waals surface area contributed by atoms with Crippen molar-refractivity contribution in [3.05, 3.63) is 12.2 Å². The summed E-state index contributed by atoms with van der Waals surface area (Å²) in [5, 5.41) is 108. The van der Waals surface area contributed by atoms with Gasteiger partial charge in [-0.1, -0.05) is 39.8 Å². The van der Waals surface area contributed by atoms with Crippen molar-refractivity contribution >= 4 is 5.97 Å². The largest absolute Gasteiger partial charge is 0.481 e. The number of fused-ring (bicyclic) bond motifs is 7. The number of carbonyl (C=O) groups is 1. The summed E-state index contributed by atoms with van der Waals surface area (Å²) in [6.07, 6.45) is -13.8. The van der Waals surface area contributed by atoms with Crippen LogP contribution in [0.15, 0.2) is 12.2 Å². The van der Waals surface area contributed by atoms with Gasteiger partial charge in [0.25, 0.3) is 0 Å². The van der Waals surface area contributed by atoms with Gasteiger partial charge in [0.1, 0.15) is 61.0 Å². The van der Waals surface area contributed by atoms with Crippen molar-refractivity contribution < 1.29 is 84.3 Å². The molecule has 8 fully saturated rings. The zero-order valence-electron chi connectivity index (χ0n) is 38.3. The third kappa shape index (κ3) is 7.31. The summed E-state index contributed by atoms with van der Waals surface area (Å²) in [6, 6.07) is 0. The molecular formula is C47H76O17. The maximum absolute atomic E-state index is 13.1. The van der Waals surface area contributed by atoms with Crippen molar-refractivity contribution in [1.82, 2.24) is 0 Å². The fourth-order valence-corrected chi connectivity index (χ4v) is 15.7. The summed E-state index contributed by atoms with van der Waals surface area (Å²) >= 11 is 0. The van der Waals surface area contributed by atoms with E-state index in [9.17, 15) is 55.9 Å². The summed E-state index contributed by atoms with van der Waals surface area (Å²) in [6.45, 7) is 16.0. The van der Waals surface area contributed by atoms with Crippen LogP contribution in [0.5, 0.6) is 0 Å². The Morgan fingerprint density at radius 3 is 2.00 bits per heavy atom. The molecule has 0 aromatic rings. The second kappa shape index (κ2) is 17.5. The van der Waals surface area contributed by atoms with Crippen molar-refractivity contribution in [2.24, 2.45) is 56.7 Å². The molecule has 0 aromatic heterocycles. The van der Waals surface area contributed by atoms with Crippen molar-refractivity contribution in [2.75, 3.05) is 19.8 Å². The molecule has 17 heteroatoms. The van der Waals surface area contributed by atoms with Crippen molar-refractivity contribution in [3.63, 3.8) is 0 Å². The van der Waals surface area contributed by atoms with E-state index in [0.717, 1.165) is 50.5 Å². The van der Waals surface area contributed by atoms with Crippen molar-refractivity contribution in [3.8, 4) is 0 Å². The van der Waals surface area contributed by atoms with E-state index < -0.39 is 116 Å². The van der Waals surface area contributed by atoms with Gasteiger partial charge in [0.2, 0.25) is 0 Å². The van der Waals surface area contributed by atoms with Gasteiger partial charge in [0, 0.05) is 5.41 Å². The molecule has 0 bridgehead atoms. The third-order valence-electron chi connectivity index (χ3n) is 19.5. The highest BCUT2D eigenvalue weighted by atomic mass is 16.8. The minimum absolute atomic E-state index is 0.00876. The highest BCUT2D eigenvalue weighted by molar-refractivity contribution is 5.76. The lowest BCUT2D eigenvalue weighted by Gasteiger charge is -2.73. The molecule has 3 heterocycles. The van der Waals surface area contributed by atoms with E-state index in [1.165, 1.54) is 6.92 Å². The first-order chi connectivity index (χ1) is 30.0. The SMILES string of the molecule is C=C(C)[C@@H]1CC[C@]2(C(=O)O)CC[C@]3(C)[C@H](CC[C@@H]4[C@@]5(C)CC[C@H](O[C@@H]6OC[C@H](O[C@@H]7O[C@H](CO)[C@@H](O)[C@H](O)[C@H]7O)[C@H](O)[C@H]6O[C@@H]6O[C@@H](C)[C@H](O)[C@@H](O)[C@H]6O)[C@@](C)(CO)[C@@H]5CC[C@]43C)[C@@H]12. The fraction of sp³-hybridized carbons (Fsp3) is 0.936. The van der Waals surface area contributed by atoms with Crippen LogP contribution >= 0.6 is 0 Å². The smallest absolute Gasteiger partial charge is 0.309 e. The molecule has 0 aromatic carbocycles. The van der Waals surface area contributed by atoms with Crippen LogP contribution in [-0.2, 0) is 33.2 Å². The maximum Gasteiger partial charge on any atom is 0.309 e. The third-order valence-corrected chi connectivity index (χ3v) is 19.5. The van der Waals surface area contributed by atoms with E-state index in [0.29, 0.717) is 25.2 Å². The van der Waals surface area contributed by atoms with E-state index in [2.05, 4.69) is 34.3 Å². The Kier molecular flexibility index (Phi) is 13.4. The molecule has 8 aliphatic rings. The number of ether oxygens (including phenoxy) is 6. The minimum Gasteiger partial charge on any atom is -0.481 e. The maximum atomic E-state index is 13.1. The van der Waals surface area contributed by atoms with Crippen LogP contribution in [-0.4, -0.2) is 169 Å². The van der Waals surface area contributed by atoms with Crippen LogP contribution in [0.1, 0.15) is 106 Å². The molecule has 10 N–H and O–H groups in total. The molecule has 3 saturated heterocycles. The zero-order chi connectivity index (χ0) is 46.6. The fourth-order valence-electron chi connectivity index (χ4n) is 15.7. The molecule has 0 radical (unpaired) electrons. The molecule has 5 saturated carbocycles. The minimum atomic E-state index is -1.77. The molecule has 366 valence electrons. The van der Waals surface area contributed by atoms with Crippen LogP contribution in [0, 0.1) is 56.7 Å². The van der Waals surface area contributed by atoms with Crippen LogP contribution in [0.4, 0.5) is 0 Å². The van der Waals surface area contributed by atoms with Gasteiger partial charge in [-0.15, -0.1) is 0 Å². The number of carboxylic acids is 1. The molecule has 17 nitrogen and oxygen atoms in total. The van der Waals surface area contributed by atoms with Crippen molar-refractivity contribution in [1.29, 1.82) is 0 Å². The monoisotopic (exact) mass is 913 g/mol. The highest BCUT2D eigenvalue weighted by Crippen LogP contribution is 2.77. The number of carboxylic acid groups (broad SMARTS) is 1. The Morgan fingerprint density at radius 1 is 0.688 bits per heavy atom. The summed E-state index contributed by atoms with van der Waals surface area (Å²) in [5.41, 5.74) is -0.808. The van der Waals surface area contributed by atoms with Gasteiger partial charge in [-0.2, -0.15) is 0 Å². The number of rotatable bonds is 10. The lowest BCUT2D eigenvalue weighted by molar-refractivity contribution is -0.382. The molecular weight excluding hydrogens is 836 g/mol. The second-order valence-electron chi connectivity index (χ2n) is 22.3. The first-order valence-electron chi connectivity index (χ1n) is 23.8. The number of aliphatic hydroxyl groups excluding tert-OH is 9. The van der Waals surface area contributed by atoms with Crippen LogP contribution in [0.2, 0.25) is 0 Å². The molecule has 0 unspecified atom stereocenters. The topological polar surface area (TPSA) is 275 Å². The summed E-state index contributed by atoms with van der Waals surface area (Å²) in [4.78, 5) is 13.1. The average Bonchev–Trinajstić information content (AvgIpc) is 3.67. The summed E-state index contributed by atoms with van der Waals surface area (Å²) < 4.78 is 36.6. The first-order valence-corrected chi connectivity index (χ1v) is 23.8. The molecule has 8 rings (SSSR count). The van der Waals surface area contributed by atoms with E-state index in [4.69, 9.17) is 28.4 Å². The van der Waals surface area contributed by atoms with Gasteiger partial charge in [-0.3, -0.25) is 4.79 Å². The number of allylic oxidation sites excluding steroid dienone is 1. The lowest BCUT2D eigenvalue weighted by atomic mass is 9.32. The first kappa shape index (κ1) is 49.0. The molecule has 3 aliphatic heterocycles. The predicted molar refractivity (Wildman–Crippen MR) is 225 cm³/mol. The number of aliphatic carboxylic acids is 1. The van der Waals surface area contributed by atoms with E-state index in [-0.39, 0.29) is 53.1 Å². The average molecular weight is 913 g/mol. The van der Waals surface area contributed by atoms with E-state index in [1.807, 2.05) is 6.92 Å². The molecule has 0 spiro atoms. The summed E-state index contributed by atoms with van der Waals surface area (Å²) in [5.74, 6) is 0.147. The summed E-state index contributed by atoms with van der Waals surface area (Å²) in [7, 11) is 0. The van der Waals surface area contributed by atoms with E-state index >= 15 is 0 Å². The van der Waals surface area contributed by atoms with Gasteiger partial charge in [-0.25, -0.2) is 0 Å². The quantitative estimate of drug-likeness (QED) is 0.109. The lowest BCUT2D eigenvalue weighted by Crippen LogP contribution is -2.68.